The van der Waals surface area contributed by atoms with Crippen LogP contribution in [0.2, 0.25) is 0 Å². The molecule has 8 aromatic rings. The fraction of sp³-hybridized carbons (Fsp3) is 0.176. The maximum atomic E-state index is 8.90. The normalized spacial score (nSPS) is 14.4. The Labute approximate surface area is 358 Å². The van der Waals surface area contributed by atoms with Crippen molar-refractivity contribution in [3.05, 3.63) is 174 Å². The van der Waals surface area contributed by atoms with Gasteiger partial charge in [-0.1, -0.05) is 162 Å². The van der Waals surface area contributed by atoms with Crippen LogP contribution in [0.4, 0.5) is 0 Å². The molecule has 2 heterocycles. The van der Waals surface area contributed by atoms with Crippen LogP contribution in [0.1, 0.15) is 79.7 Å². The number of aryl methyl sites for hydroxylation is 2. The molecule has 0 unspecified atom stereocenters. The molecular formula is C51H45N3OPt. The first kappa shape index (κ1) is 28.8. The van der Waals surface area contributed by atoms with E-state index < -0.39 is 20.6 Å². The average Bonchev–Trinajstić information content (AvgIpc) is 3.64. The molecule has 0 fully saturated rings. The zero-order valence-electron chi connectivity index (χ0n) is 40.4. The van der Waals surface area contributed by atoms with E-state index in [0.29, 0.717) is 33.6 Å². The van der Waals surface area contributed by atoms with Gasteiger partial charge in [-0.15, -0.1) is 34.9 Å². The van der Waals surface area contributed by atoms with Crippen LogP contribution in [0.3, 0.4) is 0 Å². The smallest absolute Gasteiger partial charge is 0.496 e. The number of rotatable bonds is 9. The summed E-state index contributed by atoms with van der Waals surface area (Å²) in [4.78, 5) is 9.68. The summed E-state index contributed by atoms with van der Waals surface area (Å²) in [7, 11) is 0. The largest absolute Gasteiger partial charge is 2.00 e. The molecule has 2 aromatic heterocycles. The summed E-state index contributed by atoms with van der Waals surface area (Å²) in [6, 6.07) is 44.9. The van der Waals surface area contributed by atoms with Crippen molar-refractivity contribution in [2.75, 3.05) is 0 Å². The van der Waals surface area contributed by atoms with E-state index in [-0.39, 0.29) is 72.3 Å². The number of hydrogen-bond acceptors (Lipinski definition) is 3. The van der Waals surface area contributed by atoms with Crippen molar-refractivity contribution in [2.24, 2.45) is 0 Å². The maximum absolute atomic E-state index is 8.90. The van der Waals surface area contributed by atoms with E-state index in [9.17, 15) is 0 Å². The van der Waals surface area contributed by atoms with Crippen LogP contribution < -0.4 is 4.74 Å². The summed E-state index contributed by atoms with van der Waals surface area (Å²) < 4.78 is 85.6. The van der Waals surface area contributed by atoms with E-state index in [2.05, 4.69) is 67.6 Å². The van der Waals surface area contributed by atoms with Gasteiger partial charge >= 0.3 is 21.1 Å². The van der Waals surface area contributed by atoms with Gasteiger partial charge < -0.3 is 14.3 Å². The minimum Gasteiger partial charge on any atom is -0.496 e. The molecule has 280 valence electrons. The molecule has 0 bridgehead atoms. The van der Waals surface area contributed by atoms with Crippen LogP contribution in [-0.4, -0.2) is 14.5 Å². The molecular weight excluding hydrogens is 866 g/mol. The van der Waals surface area contributed by atoms with E-state index >= 15 is 0 Å². The Bertz CT molecular complexity index is 2970. The Balaban J connectivity index is 0.00000630. The standard InChI is InChI=1S/C51H45N3O.Pt/c1-32(2)41-21-16-22-42(33(3)4)50(41)54-48-24-15-14-23-46(48)53-51(54)39-27-45(38-19-12-9-13-20-38)36(7)49(28-39)55-40-26-25-34(5)44(29-40)47-30-43(35(6)31-52-47)37-17-10-8-11-18-37;/h8-27,30-33H,1-7H3;/q-2;+2/i5D3,6D3,7D3;. The zero-order chi connectivity index (χ0) is 45.7. The van der Waals surface area contributed by atoms with Crippen molar-refractivity contribution < 1.29 is 38.1 Å². The molecule has 5 heteroatoms. The van der Waals surface area contributed by atoms with Gasteiger partial charge in [0.05, 0.1) is 16.9 Å². The third kappa shape index (κ3) is 7.39. The number of nitrogens with zero attached hydrogens (tertiary/aromatic N) is 3. The minimum absolute atomic E-state index is 0. The average molecular weight is 920 g/mol. The van der Waals surface area contributed by atoms with E-state index in [1.165, 1.54) is 18.3 Å². The molecule has 0 saturated heterocycles. The molecule has 6 aromatic carbocycles. The van der Waals surface area contributed by atoms with E-state index in [1.54, 1.807) is 36.4 Å². The van der Waals surface area contributed by atoms with Crippen molar-refractivity contribution in [3.63, 3.8) is 0 Å². The van der Waals surface area contributed by atoms with Gasteiger partial charge in [0.25, 0.3) is 0 Å². The summed E-state index contributed by atoms with van der Waals surface area (Å²) >= 11 is 0. The van der Waals surface area contributed by atoms with Crippen LogP contribution in [0, 0.1) is 32.7 Å². The van der Waals surface area contributed by atoms with Gasteiger partial charge in [0.2, 0.25) is 0 Å². The summed E-state index contributed by atoms with van der Waals surface area (Å²) in [5.74, 6) is 0.674. The molecule has 0 spiro atoms. The summed E-state index contributed by atoms with van der Waals surface area (Å²) in [6.45, 7) is 0.735. The molecule has 4 nitrogen and oxygen atoms in total. The van der Waals surface area contributed by atoms with E-state index in [1.807, 2.05) is 60.7 Å². The number of hydrogen-bond donors (Lipinski definition) is 0. The maximum Gasteiger partial charge on any atom is 2.00 e. The Hall–Kier alpha value is -5.57. The van der Waals surface area contributed by atoms with Gasteiger partial charge in [-0.2, -0.15) is 0 Å². The van der Waals surface area contributed by atoms with Crippen LogP contribution >= 0.6 is 0 Å². The van der Waals surface area contributed by atoms with Gasteiger partial charge in [-0.25, -0.2) is 0 Å². The number of benzene rings is 6. The topological polar surface area (TPSA) is 39.9 Å². The van der Waals surface area contributed by atoms with Crippen molar-refractivity contribution in [1.29, 1.82) is 0 Å². The van der Waals surface area contributed by atoms with Crippen molar-refractivity contribution in [2.45, 2.75) is 60.1 Å². The number of fused-ring (bicyclic) bond motifs is 1. The quantitative estimate of drug-likeness (QED) is 0.135. The third-order valence-corrected chi connectivity index (χ3v) is 9.86. The molecule has 0 saturated carbocycles. The first-order valence-corrected chi connectivity index (χ1v) is 18.4. The van der Waals surface area contributed by atoms with Crippen molar-refractivity contribution >= 4 is 11.0 Å². The molecule has 0 amide bonds. The first-order chi connectivity index (χ1) is 30.3. The Kier molecular flexibility index (Phi) is 8.36. The molecule has 0 aliphatic heterocycles. The Morgan fingerprint density at radius 3 is 1.98 bits per heavy atom. The molecule has 0 radical (unpaired) electrons. The van der Waals surface area contributed by atoms with Crippen LogP contribution in [-0.2, 0) is 21.1 Å². The molecule has 8 rings (SSSR count). The SMILES string of the molecule is [2H]C([2H])([2H])c1ccc(Oc2[c-]c(-c3nc4ccccc4n3-c3c(C(C)C)cccc3C(C)C)cc(-c3ccccc3)c2C([2H])([2H])[2H])[c-]c1-c1cc(-c2ccccc2)c(C([2H])([2H])[2H])cn1.[Pt+2]. The van der Waals surface area contributed by atoms with Gasteiger partial charge in [0, 0.05) is 35.7 Å². The second kappa shape index (κ2) is 16.3. The van der Waals surface area contributed by atoms with E-state index in [0.717, 1.165) is 27.8 Å². The fourth-order valence-electron chi connectivity index (χ4n) is 7.10. The molecule has 0 atom stereocenters. The summed E-state index contributed by atoms with van der Waals surface area (Å²) in [5, 5.41) is 0. The number of imidazole rings is 1. The van der Waals surface area contributed by atoms with Crippen LogP contribution in [0.15, 0.2) is 134 Å². The minimum atomic E-state index is -2.72. The number of para-hydroxylation sites is 3. The monoisotopic (exact) mass is 919 g/mol. The second-order valence-corrected chi connectivity index (χ2v) is 14.2. The molecule has 0 N–H and O–H groups in total. The predicted octanol–water partition coefficient (Wildman–Crippen LogP) is 13.7. The van der Waals surface area contributed by atoms with Gasteiger partial charge in [0.15, 0.2) is 0 Å². The van der Waals surface area contributed by atoms with E-state index in [4.69, 9.17) is 22.1 Å². The molecule has 0 aliphatic carbocycles. The van der Waals surface area contributed by atoms with Crippen LogP contribution in [0.25, 0.3) is 61.6 Å². The predicted molar refractivity (Wildman–Crippen MR) is 227 cm³/mol. The van der Waals surface area contributed by atoms with Gasteiger partial charge in [0.1, 0.15) is 0 Å². The van der Waals surface area contributed by atoms with Crippen molar-refractivity contribution in [1.82, 2.24) is 14.5 Å². The third-order valence-electron chi connectivity index (χ3n) is 9.86. The number of ether oxygens (including phenoxy) is 1. The Morgan fingerprint density at radius 1 is 0.661 bits per heavy atom. The summed E-state index contributed by atoms with van der Waals surface area (Å²) in [5.41, 5.74) is 7.15. The molecule has 56 heavy (non-hydrogen) atoms. The fourth-order valence-corrected chi connectivity index (χ4v) is 7.10. The first-order valence-electron chi connectivity index (χ1n) is 22.9. The summed E-state index contributed by atoms with van der Waals surface area (Å²) in [6.07, 6.45) is 1.24. The Morgan fingerprint density at radius 2 is 1.32 bits per heavy atom. The zero-order valence-corrected chi connectivity index (χ0v) is 33.7. The van der Waals surface area contributed by atoms with Crippen molar-refractivity contribution in [3.8, 4) is 62.1 Å². The van der Waals surface area contributed by atoms with Gasteiger partial charge in [-0.3, -0.25) is 4.98 Å². The second-order valence-electron chi connectivity index (χ2n) is 14.2. The molecule has 0 aliphatic rings. The van der Waals surface area contributed by atoms with Gasteiger partial charge in [-0.05, 0) is 69.9 Å². The number of aromatic nitrogens is 3. The number of pyridine rings is 1. The van der Waals surface area contributed by atoms with Crippen LogP contribution in [0.5, 0.6) is 11.5 Å².